The number of thiazole rings is 1. The number of carbonyl (C=O) groups is 1. The van der Waals surface area contributed by atoms with E-state index in [2.05, 4.69) is 21.2 Å². The van der Waals surface area contributed by atoms with Crippen LogP contribution < -0.4 is 20.1 Å². The van der Waals surface area contributed by atoms with E-state index >= 15 is 0 Å². The Balaban J connectivity index is 1.95. The second-order valence-corrected chi connectivity index (χ2v) is 9.80. The fraction of sp³-hybridized carbons (Fsp3) is 0. The molecule has 34 heavy (non-hydrogen) atoms. The first-order valence-electron chi connectivity index (χ1n) is 9.83. The third-order valence-electron chi connectivity index (χ3n) is 4.72. The van der Waals surface area contributed by atoms with Crippen molar-refractivity contribution in [2.75, 3.05) is 5.32 Å². The number of hydrogen-bond donors (Lipinski definition) is 1. The van der Waals surface area contributed by atoms with E-state index in [4.69, 9.17) is 23.2 Å². The van der Waals surface area contributed by atoms with Gasteiger partial charge < -0.3 is 5.32 Å². The number of aromatic nitrogens is 1. The van der Waals surface area contributed by atoms with Gasteiger partial charge in [-0.15, -0.1) is 11.3 Å². The molecule has 0 atom stereocenters. The highest BCUT2D eigenvalue weighted by atomic mass is 79.9. The molecule has 0 radical (unpaired) electrons. The lowest BCUT2D eigenvalue weighted by atomic mass is 10.2. The molecule has 1 aromatic heterocycles. The average Bonchev–Trinajstić information content (AvgIpc) is 3.12. The van der Waals surface area contributed by atoms with Crippen molar-refractivity contribution in [2.24, 2.45) is 0 Å². The van der Waals surface area contributed by atoms with Gasteiger partial charge in [0.1, 0.15) is 10.7 Å². The van der Waals surface area contributed by atoms with Crippen LogP contribution in [0.5, 0.6) is 0 Å². The zero-order chi connectivity index (χ0) is 24.2. The Hall–Kier alpha value is -3.15. The summed E-state index contributed by atoms with van der Waals surface area (Å²) in [4.78, 5) is 26.5. The summed E-state index contributed by atoms with van der Waals surface area (Å²) in [5, 5.41) is 13.2. The second kappa shape index (κ2) is 10.4. The monoisotopic (exact) mass is 569 g/mol. The minimum Gasteiger partial charge on any atom is -0.320 e. The summed E-state index contributed by atoms with van der Waals surface area (Å²) in [6.07, 6.45) is 1.73. The molecular formula is C25H14BrCl2N3O2S. The Morgan fingerprint density at radius 2 is 1.82 bits per heavy atom. The molecule has 0 spiro atoms. The molecule has 3 aromatic carbocycles. The maximum absolute atomic E-state index is 13.4. The zero-order valence-electron chi connectivity index (χ0n) is 17.3. The molecule has 0 aliphatic rings. The smallest absolute Gasteiger partial charge is 0.273 e. The van der Waals surface area contributed by atoms with Crippen molar-refractivity contribution in [1.29, 1.82) is 5.26 Å². The maximum atomic E-state index is 13.4. The van der Waals surface area contributed by atoms with Gasteiger partial charge in [0.05, 0.1) is 20.9 Å². The lowest BCUT2D eigenvalue weighted by Crippen LogP contribution is -2.32. The first-order valence-corrected chi connectivity index (χ1v) is 12.2. The number of rotatable bonds is 4. The maximum Gasteiger partial charge on any atom is 0.273 e. The molecule has 168 valence electrons. The number of anilines is 1. The Morgan fingerprint density at radius 3 is 2.50 bits per heavy atom. The molecule has 0 saturated carbocycles. The Bertz CT molecular complexity index is 1620. The summed E-state index contributed by atoms with van der Waals surface area (Å²) < 4.78 is 2.82. The largest absolute Gasteiger partial charge is 0.320 e. The van der Waals surface area contributed by atoms with Gasteiger partial charge in [-0.25, -0.2) is 0 Å². The van der Waals surface area contributed by atoms with Gasteiger partial charge in [-0.3, -0.25) is 14.2 Å². The minimum atomic E-state index is -0.688. The lowest BCUT2D eigenvalue weighted by molar-refractivity contribution is -0.111. The number of nitrogens with one attached hydrogen (secondary N) is 1. The summed E-state index contributed by atoms with van der Waals surface area (Å²) in [5.74, 6) is -0.688. The number of para-hydroxylation sites is 1. The van der Waals surface area contributed by atoms with Gasteiger partial charge >= 0.3 is 0 Å². The van der Waals surface area contributed by atoms with Crippen molar-refractivity contribution in [3.05, 3.63) is 112 Å². The highest BCUT2D eigenvalue weighted by Gasteiger charge is 2.18. The predicted molar refractivity (Wildman–Crippen MR) is 141 cm³/mol. The van der Waals surface area contributed by atoms with Gasteiger partial charge in [-0.2, -0.15) is 5.26 Å². The SMILES string of the molecule is N#CC(C(=O)Nc1ccc(Cl)cc1Cl)=c1sc(=Cc2cccc(Br)c2)c(=O)n1-c1ccccc1. The normalized spacial score (nSPS) is 12.2. The van der Waals surface area contributed by atoms with E-state index in [1.54, 1.807) is 42.5 Å². The fourth-order valence-corrected chi connectivity index (χ4v) is 5.16. The van der Waals surface area contributed by atoms with Crippen LogP contribution in [0.2, 0.25) is 10.0 Å². The number of nitriles is 1. The fourth-order valence-electron chi connectivity index (χ4n) is 3.18. The summed E-state index contributed by atoms with van der Waals surface area (Å²) in [5.41, 5.74) is 1.09. The highest BCUT2D eigenvalue weighted by Crippen LogP contribution is 2.25. The number of nitrogens with zero attached hydrogens (tertiary/aromatic N) is 2. The molecule has 0 bridgehead atoms. The van der Waals surface area contributed by atoms with Crippen molar-refractivity contribution in [3.8, 4) is 11.8 Å². The molecule has 0 aliphatic heterocycles. The first-order chi connectivity index (χ1) is 16.4. The molecule has 0 fully saturated rings. The van der Waals surface area contributed by atoms with Crippen molar-refractivity contribution >= 4 is 73.7 Å². The Morgan fingerprint density at radius 1 is 1.06 bits per heavy atom. The van der Waals surface area contributed by atoms with Gasteiger partial charge in [0.15, 0.2) is 5.57 Å². The van der Waals surface area contributed by atoms with Crippen LogP contribution in [0.1, 0.15) is 5.56 Å². The molecule has 4 rings (SSSR count). The summed E-state index contributed by atoms with van der Waals surface area (Å²) >= 11 is 16.6. The third-order valence-corrected chi connectivity index (χ3v) is 6.85. The van der Waals surface area contributed by atoms with Crippen LogP contribution >= 0.6 is 50.5 Å². The zero-order valence-corrected chi connectivity index (χ0v) is 21.2. The molecule has 9 heteroatoms. The Kier molecular flexibility index (Phi) is 7.35. The number of benzene rings is 3. The van der Waals surface area contributed by atoms with E-state index in [1.165, 1.54) is 10.6 Å². The van der Waals surface area contributed by atoms with E-state index in [9.17, 15) is 14.9 Å². The second-order valence-electron chi connectivity index (χ2n) is 7.01. The van der Waals surface area contributed by atoms with Crippen LogP contribution in [-0.2, 0) is 4.79 Å². The standard InChI is InChI=1S/C25H14BrCl2N3O2S/c26-16-6-4-5-15(11-16)12-22-24(33)31(18-7-2-1-3-8-18)25(34-22)19(14-29)23(32)30-21-10-9-17(27)13-20(21)28/h1-13H,(H,30,32). The molecule has 0 saturated heterocycles. The first kappa shape index (κ1) is 24.0. The topological polar surface area (TPSA) is 74.9 Å². The number of halogens is 3. The van der Waals surface area contributed by atoms with Crippen molar-refractivity contribution in [3.63, 3.8) is 0 Å². The number of carbonyl (C=O) groups excluding carboxylic acids is 1. The van der Waals surface area contributed by atoms with E-state index in [0.717, 1.165) is 21.4 Å². The quantitative estimate of drug-likeness (QED) is 0.370. The van der Waals surface area contributed by atoms with Crippen molar-refractivity contribution in [2.45, 2.75) is 0 Å². The van der Waals surface area contributed by atoms with Gasteiger partial charge in [-0.05, 0) is 54.1 Å². The van der Waals surface area contributed by atoms with E-state index in [0.29, 0.717) is 20.9 Å². The van der Waals surface area contributed by atoms with Crippen LogP contribution in [0.4, 0.5) is 5.69 Å². The van der Waals surface area contributed by atoms with Crippen molar-refractivity contribution in [1.82, 2.24) is 4.57 Å². The van der Waals surface area contributed by atoms with Crippen LogP contribution in [0.25, 0.3) is 17.3 Å². The molecule has 4 aromatic rings. The average molecular weight is 571 g/mol. The molecule has 0 unspecified atom stereocenters. The number of hydrogen-bond acceptors (Lipinski definition) is 4. The van der Waals surface area contributed by atoms with Gasteiger partial charge in [-0.1, -0.05) is 69.5 Å². The van der Waals surface area contributed by atoms with Gasteiger partial charge in [0, 0.05) is 9.50 Å². The molecular weight excluding hydrogens is 557 g/mol. The van der Waals surface area contributed by atoms with E-state index in [1.807, 2.05) is 36.4 Å². The number of amides is 1. The van der Waals surface area contributed by atoms with Gasteiger partial charge in [0.2, 0.25) is 0 Å². The molecule has 5 nitrogen and oxygen atoms in total. The Labute approximate surface area is 216 Å². The minimum absolute atomic E-state index is 0.211. The van der Waals surface area contributed by atoms with E-state index in [-0.39, 0.29) is 20.8 Å². The molecule has 1 amide bonds. The summed E-state index contributed by atoms with van der Waals surface area (Å²) in [6.45, 7) is 0. The van der Waals surface area contributed by atoms with Crippen LogP contribution in [0.15, 0.2) is 82.1 Å². The third kappa shape index (κ3) is 5.16. The van der Waals surface area contributed by atoms with Crippen LogP contribution in [0, 0.1) is 11.3 Å². The summed E-state index contributed by atoms with van der Waals surface area (Å²) in [7, 11) is 0. The molecule has 0 aliphatic carbocycles. The lowest BCUT2D eigenvalue weighted by Gasteiger charge is -2.07. The van der Waals surface area contributed by atoms with Crippen LogP contribution in [0.3, 0.4) is 0 Å². The predicted octanol–water partition coefficient (Wildman–Crippen LogP) is 5.11. The molecule has 1 N–H and O–H groups in total. The highest BCUT2D eigenvalue weighted by molar-refractivity contribution is 9.10. The van der Waals surface area contributed by atoms with Gasteiger partial charge in [0.25, 0.3) is 11.5 Å². The van der Waals surface area contributed by atoms with Crippen molar-refractivity contribution < 1.29 is 4.79 Å². The van der Waals surface area contributed by atoms with Crippen LogP contribution in [-0.4, -0.2) is 10.5 Å². The summed E-state index contributed by atoms with van der Waals surface area (Å²) in [6, 6.07) is 22.9. The van der Waals surface area contributed by atoms with E-state index < -0.39 is 5.91 Å². The molecule has 1 heterocycles.